The zero-order valence-electron chi connectivity index (χ0n) is 19.1. The Hall–Kier alpha value is -3.87. The van der Waals surface area contributed by atoms with Crippen molar-refractivity contribution in [2.75, 3.05) is 18.5 Å². The fourth-order valence-electron chi connectivity index (χ4n) is 2.90. The molecule has 4 aromatic heterocycles. The molecule has 0 aliphatic heterocycles. The lowest BCUT2D eigenvalue weighted by Gasteiger charge is -2.13. The molecule has 3 N–H and O–H groups in total. The number of ether oxygens (including phenoxy) is 1. The standard InChI is InChI=1S/C20H17F3N8OS.C2H6/c1-11-6-16(33-30-11)13-2-3-17(24)31(29-13)18(25)9-27-14-4-5-26-15-7-12(8-28-19(14)15)32-10-20(21,22)23;1-2/h2-8,24-25H,9-10H2,1H3,(H,26,27);1-2H3. The van der Waals surface area contributed by atoms with Crippen LogP contribution < -0.4 is 15.5 Å². The minimum atomic E-state index is -4.45. The van der Waals surface area contributed by atoms with Gasteiger partial charge in [-0.3, -0.25) is 15.8 Å². The number of halogens is 3. The molecule has 0 spiro atoms. The second kappa shape index (κ2) is 11.0. The van der Waals surface area contributed by atoms with E-state index in [2.05, 4.69) is 24.8 Å². The fraction of sp³-hybridized carbons (Fsp3) is 0.273. The molecule has 0 fully saturated rings. The molecule has 35 heavy (non-hydrogen) atoms. The van der Waals surface area contributed by atoms with Gasteiger partial charge in [0.2, 0.25) is 0 Å². The number of fused-ring (bicyclic) bond motifs is 1. The van der Waals surface area contributed by atoms with Crippen LogP contribution in [0.15, 0.2) is 42.7 Å². The second-order valence-electron chi connectivity index (χ2n) is 6.95. The van der Waals surface area contributed by atoms with Gasteiger partial charge in [0.25, 0.3) is 0 Å². The third-order valence-corrected chi connectivity index (χ3v) is 5.28. The van der Waals surface area contributed by atoms with Crippen LogP contribution in [0.25, 0.3) is 21.6 Å². The zero-order chi connectivity index (χ0) is 25.6. The molecule has 184 valence electrons. The van der Waals surface area contributed by atoms with E-state index in [1.807, 2.05) is 26.8 Å². The molecule has 0 atom stereocenters. The van der Waals surface area contributed by atoms with Gasteiger partial charge in [-0.05, 0) is 42.7 Å². The molecular weight excluding hydrogens is 481 g/mol. The molecule has 0 bridgehead atoms. The van der Waals surface area contributed by atoms with E-state index in [0.717, 1.165) is 10.6 Å². The van der Waals surface area contributed by atoms with Crippen molar-refractivity contribution in [2.24, 2.45) is 0 Å². The highest BCUT2D eigenvalue weighted by Crippen LogP contribution is 2.25. The van der Waals surface area contributed by atoms with Crippen LogP contribution in [-0.2, 0) is 0 Å². The number of nitrogens with zero attached hydrogens (tertiary/aromatic N) is 5. The normalized spacial score (nSPS) is 11.0. The van der Waals surface area contributed by atoms with E-state index in [-0.39, 0.29) is 23.6 Å². The summed E-state index contributed by atoms with van der Waals surface area (Å²) in [7, 11) is 0. The first kappa shape index (κ1) is 25.7. The molecule has 4 rings (SSSR count). The third-order valence-electron chi connectivity index (χ3n) is 4.37. The highest BCUT2D eigenvalue weighted by atomic mass is 32.1. The number of rotatable bonds is 6. The van der Waals surface area contributed by atoms with Gasteiger partial charge in [-0.2, -0.15) is 27.3 Å². The van der Waals surface area contributed by atoms with E-state index < -0.39 is 12.8 Å². The molecule has 0 aliphatic rings. The molecule has 4 aromatic rings. The van der Waals surface area contributed by atoms with Crippen molar-refractivity contribution in [3.8, 4) is 16.3 Å². The average molecular weight is 505 g/mol. The lowest BCUT2D eigenvalue weighted by Crippen LogP contribution is -2.33. The van der Waals surface area contributed by atoms with Crippen molar-refractivity contribution in [3.63, 3.8) is 0 Å². The largest absolute Gasteiger partial charge is 0.482 e. The molecule has 0 aromatic carbocycles. The Balaban J connectivity index is 0.00000167. The number of hydrogen-bond acceptors (Lipinski definition) is 9. The first-order valence-electron chi connectivity index (χ1n) is 10.5. The molecule has 13 heteroatoms. The van der Waals surface area contributed by atoms with Gasteiger partial charge in [0.05, 0.1) is 34.5 Å². The van der Waals surface area contributed by atoms with Gasteiger partial charge in [0.1, 0.15) is 28.3 Å². The minimum Gasteiger partial charge on any atom is -0.482 e. The highest BCUT2D eigenvalue weighted by molar-refractivity contribution is 7.09. The van der Waals surface area contributed by atoms with Crippen molar-refractivity contribution in [1.29, 1.82) is 10.8 Å². The minimum absolute atomic E-state index is 0.0122. The van der Waals surface area contributed by atoms with Crippen LogP contribution >= 0.6 is 11.5 Å². The lowest BCUT2D eigenvalue weighted by atomic mass is 10.2. The monoisotopic (exact) mass is 504 g/mol. The SMILES string of the molecule is CC.Cc1cc(-c2ccc(=N)n(C(=N)CNc3ccnc4cc(OCC(F)(F)F)cnc34)n2)sn1. The summed E-state index contributed by atoms with van der Waals surface area (Å²) in [6.07, 6.45) is -1.80. The van der Waals surface area contributed by atoms with E-state index >= 15 is 0 Å². The Morgan fingerprint density at radius 1 is 1.17 bits per heavy atom. The van der Waals surface area contributed by atoms with E-state index in [4.69, 9.17) is 15.6 Å². The van der Waals surface area contributed by atoms with E-state index in [1.54, 1.807) is 18.2 Å². The molecule has 0 amide bonds. The van der Waals surface area contributed by atoms with Crippen LogP contribution in [0.5, 0.6) is 5.75 Å². The maximum absolute atomic E-state index is 12.4. The van der Waals surface area contributed by atoms with Gasteiger partial charge in [0, 0.05) is 12.3 Å². The number of hydrogen-bond donors (Lipinski definition) is 3. The van der Waals surface area contributed by atoms with Gasteiger partial charge in [-0.15, -0.1) is 0 Å². The number of nitrogens with one attached hydrogen (secondary N) is 3. The Kier molecular flexibility index (Phi) is 8.12. The number of anilines is 1. The molecule has 0 saturated carbocycles. The highest BCUT2D eigenvalue weighted by Gasteiger charge is 2.28. The number of aryl methyl sites for hydroxylation is 1. The first-order chi connectivity index (χ1) is 16.7. The van der Waals surface area contributed by atoms with Crippen molar-refractivity contribution >= 4 is 34.1 Å². The van der Waals surface area contributed by atoms with Gasteiger partial charge in [-0.1, -0.05) is 13.8 Å². The first-order valence-corrected chi connectivity index (χ1v) is 11.3. The summed E-state index contributed by atoms with van der Waals surface area (Å²) in [5, 5.41) is 23.9. The van der Waals surface area contributed by atoms with Crippen molar-refractivity contribution in [1.82, 2.24) is 24.1 Å². The molecule has 0 aliphatic carbocycles. The van der Waals surface area contributed by atoms with E-state index in [9.17, 15) is 13.2 Å². The van der Waals surface area contributed by atoms with Crippen LogP contribution in [0.4, 0.5) is 18.9 Å². The number of aromatic nitrogens is 5. The third kappa shape index (κ3) is 6.59. The van der Waals surface area contributed by atoms with Gasteiger partial charge >= 0.3 is 6.18 Å². The zero-order valence-corrected chi connectivity index (χ0v) is 20.0. The van der Waals surface area contributed by atoms with Crippen molar-refractivity contribution in [2.45, 2.75) is 26.9 Å². The Morgan fingerprint density at radius 2 is 1.94 bits per heavy atom. The smallest absolute Gasteiger partial charge is 0.422 e. The second-order valence-corrected chi connectivity index (χ2v) is 7.75. The fourth-order valence-corrected chi connectivity index (χ4v) is 3.62. The van der Waals surface area contributed by atoms with Crippen LogP contribution in [0, 0.1) is 17.7 Å². The maximum Gasteiger partial charge on any atom is 0.422 e. The van der Waals surface area contributed by atoms with Crippen LogP contribution in [0.1, 0.15) is 19.5 Å². The number of pyridine rings is 2. The molecule has 0 saturated heterocycles. The summed E-state index contributed by atoms with van der Waals surface area (Å²) in [4.78, 5) is 9.11. The maximum atomic E-state index is 12.4. The summed E-state index contributed by atoms with van der Waals surface area (Å²) in [6.45, 7) is 4.47. The lowest BCUT2D eigenvalue weighted by molar-refractivity contribution is -0.153. The predicted octanol–water partition coefficient (Wildman–Crippen LogP) is 4.64. The van der Waals surface area contributed by atoms with Gasteiger partial charge in [-0.25, -0.2) is 4.98 Å². The predicted molar refractivity (Wildman–Crippen MR) is 128 cm³/mol. The van der Waals surface area contributed by atoms with Crippen molar-refractivity contribution in [3.05, 3.63) is 53.9 Å². The van der Waals surface area contributed by atoms with E-state index in [0.29, 0.717) is 22.4 Å². The molecule has 0 radical (unpaired) electrons. The van der Waals surface area contributed by atoms with Crippen LogP contribution in [0.3, 0.4) is 0 Å². The van der Waals surface area contributed by atoms with Crippen molar-refractivity contribution < 1.29 is 17.9 Å². The molecular formula is C22H23F3N8OS. The molecule has 4 heterocycles. The summed E-state index contributed by atoms with van der Waals surface area (Å²) in [6, 6.07) is 8.13. The Morgan fingerprint density at radius 3 is 2.63 bits per heavy atom. The van der Waals surface area contributed by atoms with E-state index in [1.165, 1.54) is 34.7 Å². The summed E-state index contributed by atoms with van der Waals surface area (Å²) >= 11 is 1.29. The molecule has 9 nitrogen and oxygen atoms in total. The van der Waals surface area contributed by atoms with Crippen LogP contribution in [0.2, 0.25) is 0 Å². The molecule has 0 unspecified atom stereocenters. The Labute approximate surface area is 202 Å². The summed E-state index contributed by atoms with van der Waals surface area (Å²) in [5.41, 5.74) is 2.76. The summed E-state index contributed by atoms with van der Waals surface area (Å²) < 4.78 is 47.3. The van der Waals surface area contributed by atoms with Gasteiger partial charge in [0.15, 0.2) is 6.61 Å². The topological polar surface area (TPSA) is 125 Å². The summed E-state index contributed by atoms with van der Waals surface area (Å²) in [5.74, 6) is -0.0379. The van der Waals surface area contributed by atoms with Crippen LogP contribution in [-0.4, -0.2) is 49.3 Å². The quantitative estimate of drug-likeness (QED) is 0.259. The number of alkyl halides is 3. The van der Waals surface area contributed by atoms with Gasteiger partial charge < -0.3 is 10.1 Å². The Bertz CT molecular complexity index is 1380. The average Bonchev–Trinajstić information content (AvgIpc) is 3.28.